The predicted molar refractivity (Wildman–Crippen MR) is 80.8 cm³/mol. The van der Waals surface area contributed by atoms with Crippen molar-refractivity contribution in [2.45, 2.75) is 24.3 Å². The van der Waals surface area contributed by atoms with E-state index in [-0.39, 0.29) is 11.7 Å². The molecule has 1 aliphatic rings. The smallest absolute Gasteiger partial charge is 0.341 e. The molecule has 1 aromatic carbocycles. The van der Waals surface area contributed by atoms with Gasteiger partial charge in [0, 0.05) is 29.1 Å². The third-order valence-corrected chi connectivity index (χ3v) is 4.33. The Morgan fingerprint density at radius 2 is 2.09 bits per heavy atom. The third kappa shape index (κ3) is 2.80. The molecule has 112 valence electrons. The first-order valence-electron chi connectivity index (χ1n) is 6.58. The molecule has 0 radical (unpaired) electrons. The van der Waals surface area contributed by atoms with Gasteiger partial charge >= 0.3 is 5.97 Å². The van der Waals surface area contributed by atoms with E-state index in [2.05, 4.69) is 4.98 Å². The van der Waals surface area contributed by atoms with Crippen LogP contribution in [-0.2, 0) is 17.1 Å². The molecule has 3 rings (SSSR count). The Labute approximate surface area is 130 Å². The van der Waals surface area contributed by atoms with Crippen LogP contribution in [0.15, 0.2) is 35.4 Å². The van der Waals surface area contributed by atoms with Crippen molar-refractivity contribution in [3.8, 4) is 0 Å². The van der Waals surface area contributed by atoms with Crippen LogP contribution in [0.4, 0.5) is 5.69 Å². The molecular formula is C15H12N2O4S. The SMILES string of the molecule is Cc1cc2c(c(SCc3ccc([N+](=O)[O-])cc3)n1)C(=O)OC2. The Morgan fingerprint density at radius 1 is 1.36 bits per heavy atom. The number of rotatable bonds is 4. The first-order valence-corrected chi connectivity index (χ1v) is 7.57. The van der Waals surface area contributed by atoms with Gasteiger partial charge in [0.15, 0.2) is 0 Å². The average molecular weight is 316 g/mol. The lowest BCUT2D eigenvalue weighted by molar-refractivity contribution is -0.384. The monoisotopic (exact) mass is 316 g/mol. The zero-order chi connectivity index (χ0) is 15.7. The summed E-state index contributed by atoms with van der Waals surface area (Å²) in [4.78, 5) is 26.4. The van der Waals surface area contributed by atoms with Crippen LogP contribution >= 0.6 is 11.8 Å². The molecule has 0 amide bonds. The van der Waals surface area contributed by atoms with Crippen molar-refractivity contribution in [3.63, 3.8) is 0 Å². The molecule has 0 unspecified atom stereocenters. The van der Waals surface area contributed by atoms with Gasteiger partial charge in [0.25, 0.3) is 5.69 Å². The van der Waals surface area contributed by atoms with Crippen molar-refractivity contribution < 1.29 is 14.5 Å². The second-order valence-electron chi connectivity index (χ2n) is 4.89. The summed E-state index contributed by atoms with van der Waals surface area (Å²) in [5, 5.41) is 11.3. The summed E-state index contributed by atoms with van der Waals surface area (Å²) in [5.74, 6) is 0.238. The number of benzene rings is 1. The number of cyclic esters (lactones) is 1. The third-order valence-electron chi connectivity index (χ3n) is 3.28. The Hall–Kier alpha value is -2.41. The normalized spacial score (nSPS) is 12.9. The van der Waals surface area contributed by atoms with E-state index in [1.807, 2.05) is 13.0 Å². The minimum atomic E-state index is -0.429. The molecule has 1 aromatic heterocycles. The number of esters is 1. The number of fused-ring (bicyclic) bond motifs is 1. The van der Waals surface area contributed by atoms with E-state index in [0.29, 0.717) is 22.9 Å². The molecule has 0 N–H and O–H groups in total. The number of ether oxygens (including phenoxy) is 1. The number of hydrogen-bond acceptors (Lipinski definition) is 6. The highest BCUT2D eigenvalue weighted by Crippen LogP contribution is 2.31. The summed E-state index contributed by atoms with van der Waals surface area (Å²) in [6.45, 7) is 2.17. The van der Waals surface area contributed by atoms with Gasteiger partial charge in [-0.05, 0) is 18.6 Å². The summed E-state index contributed by atoms with van der Waals surface area (Å²) in [6, 6.07) is 8.21. The molecule has 0 atom stereocenters. The second kappa shape index (κ2) is 5.76. The minimum Gasteiger partial charge on any atom is -0.457 e. The van der Waals surface area contributed by atoms with Crippen LogP contribution < -0.4 is 0 Å². The van der Waals surface area contributed by atoms with Crippen molar-refractivity contribution in [1.29, 1.82) is 0 Å². The summed E-state index contributed by atoms with van der Waals surface area (Å²) in [7, 11) is 0. The maximum Gasteiger partial charge on any atom is 0.341 e. The molecule has 1 aliphatic heterocycles. The lowest BCUT2D eigenvalue weighted by Gasteiger charge is -2.06. The quantitative estimate of drug-likeness (QED) is 0.373. The van der Waals surface area contributed by atoms with Crippen molar-refractivity contribution in [3.05, 3.63) is 62.8 Å². The van der Waals surface area contributed by atoms with Crippen LogP contribution in [0.25, 0.3) is 0 Å². The van der Waals surface area contributed by atoms with Gasteiger partial charge in [-0.25, -0.2) is 9.78 Å². The molecule has 7 heteroatoms. The van der Waals surface area contributed by atoms with Gasteiger partial charge in [-0.15, -0.1) is 11.8 Å². The lowest BCUT2D eigenvalue weighted by Crippen LogP contribution is -2.00. The standard InChI is InChI=1S/C15H12N2O4S/c1-9-6-11-7-21-15(18)13(11)14(16-9)22-8-10-2-4-12(5-3-10)17(19)20/h2-6H,7-8H2,1H3. The molecule has 2 aromatic rings. The molecule has 0 bridgehead atoms. The second-order valence-corrected chi connectivity index (χ2v) is 5.86. The maximum atomic E-state index is 11.8. The van der Waals surface area contributed by atoms with Crippen molar-refractivity contribution in [1.82, 2.24) is 4.98 Å². The van der Waals surface area contributed by atoms with Gasteiger partial charge in [0.1, 0.15) is 11.6 Å². The van der Waals surface area contributed by atoms with Gasteiger partial charge in [-0.2, -0.15) is 0 Å². The van der Waals surface area contributed by atoms with E-state index < -0.39 is 4.92 Å². The summed E-state index contributed by atoms with van der Waals surface area (Å²) >= 11 is 1.43. The number of nitrogens with zero attached hydrogens (tertiary/aromatic N) is 2. The fourth-order valence-electron chi connectivity index (χ4n) is 2.23. The van der Waals surface area contributed by atoms with Gasteiger partial charge in [0.2, 0.25) is 0 Å². The topological polar surface area (TPSA) is 82.3 Å². The lowest BCUT2D eigenvalue weighted by atomic mass is 10.1. The number of carbonyl (C=O) groups is 1. The van der Waals surface area contributed by atoms with Gasteiger partial charge < -0.3 is 4.74 Å². The molecule has 22 heavy (non-hydrogen) atoms. The zero-order valence-corrected chi connectivity index (χ0v) is 12.6. The van der Waals surface area contributed by atoms with Crippen LogP contribution in [-0.4, -0.2) is 15.9 Å². The van der Waals surface area contributed by atoms with E-state index in [0.717, 1.165) is 16.8 Å². The summed E-state index contributed by atoms with van der Waals surface area (Å²) in [5.41, 5.74) is 3.23. The van der Waals surface area contributed by atoms with Crippen LogP contribution in [0.2, 0.25) is 0 Å². The highest BCUT2D eigenvalue weighted by Gasteiger charge is 2.26. The molecule has 0 saturated carbocycles. The molecular weight excluding hydrogens is 304 g/mol. The average Bonchev–Trinajstić information content (AvgIpc) is 2.86. The van der Waals surface area contributed by atoms with Crippen LogP contribution in [0, 0.1) is 17.0 Å². The first kappa shape index (κ1) is 14.5. The van der Waals surface area contributed by atoms with E-state index in [4.69, 9.17) is 4.74 Å². The zero-order valence-electron chi connectivity index (χ0n) is 11.7. The van der Waals surface area contributed by atoms with Gasteiger partial charge in [-0.3, -0.25) is 10.1 Å². The summed E-state index contributed by atoms with van der Waals surface area (Å²) < 4.78 is 5.05. The molecule has 2 heterocycles. The van der Waals surface area contributed by atoms with Gasteiger partial charge in [0.05, 0.1) is 10.5 Å². The Morgan fingerprint density at radius 3 is 2.77 bits per heavy atom. The van der Waals surface area contributed by atoms with E-state index in [1.165, 1.54) is 23.9 Å². The molecule has 6 nitrogen and oxygen atoms in total. The largest absolute Gasteiger partial charge is 0.457 e. The fraction of sp³-hybridized carbons (Fsp3) is 0.200. The summed E-state index contributed by atoms with van der Waals surface area (Å²) in [6.07, 6.45) is 0. The van der Waals surface area contributed by atoms with E-state index >= 15 is 0 Å². The first-order chi connectivity index (χ1) is 10.5. The minimum absolute atomic E-state index is 0.0619. The highest BCUT2D eigenvalue weighted by molar-refractivity contribution is 7.98. The molecule has 0 aliphatic carbocycles. The van der Waals surface area contributed by atoms with Crippen LogP contribution in [0.5, 0.6) is 0 Å². The number of carbonyl (C=O) groups excluding carboxylic acids is 1. The van der Waals surface area contributed by atoms with E-state index in [1.54, 1.807) is 12.1 Å². The van der Waals surface area contributed by atoms with Crippen LogP contribution in [0.3, 0.4) is 0 Å². The Balaban J connectivity index is 1.80. The number of aryl methyl sites for hydroxylation is 1. The predicted octanol–water partition coefficient (Wildman–Crippen LogP) is 3.26. The molecule has 0 saturated heterocycles. The number of thioether (sulfide) groups is 1. The van der Waals surface area contributed by atoms with Crippen molar-refractivity contribution >= 4 is 23.4 Å². The number of hydrogen-bond donors (Lipinski definition) is 0. The van der Waals surface area contributed by atoms with Crippen molar-refractivity contribution in [2.75, 3.05) is 0 Å². The van der Waals surface area contributed by atoms with Gasteiger partial charge in [-0.1, -0.05) is 12.1 Å². The number of non-ortho nitro benzene ring substituents is 1. The van der Waals surface area contributed by atoms with Crippen molar-refractivity contribution in [2.24, 2.45) is 0 Å². The van der Waals surface area contributed by atoms with E-state index in [9.17, 15) is 14.9 Å². The number of pyridine rings is 1. The fourth-order valence-corrected chi connectivity index (χ4v) is 3.29. The highest BCUT2D eigenvalue weighted by atomic mass is 32.2. The van der Waals surface area contributed by atoms with Crippen LogP contribution in [0.1, 0.15) is 27.2 Å². The maximum absolute atomic E-state index is 11.8. The number of nitro benzene ring substituents is 1. The number of nitro groups is 1. The molecule has 0 fully saturated rings. The number of aromatic nitrogens is 1. The Kier molecular flexibility index (Phi) is 3.81. The molecule has 0 spiro atoms. The Bertz CT molecular complexity index is 759.